The zero-order valence-electron chi connectivity index (χ0n) is 25.0. The van der Waals surface area contributed by atoms with Gasteiger partial charge in [0.05, 0.1) is 0 Å². The molecule has 2 aliphatic rings. The number of primary amides is 1. The van der Waals surface area contributed by atoms with Crippen LogP contribution in [0, 0.1) is 47.1 Å². The Morgan fingerprint density at radius 2 is 1.46 bits per heavy atom. The lowest BCUT2D eigenvalue weighted by molar-refractivity contribution is -0.125. The normalized spacial score (nSPS) is 23.7. The van der Waals surface area contributed by atoms with Gasteiger partial charge in [0.1, 0.15) is 17.0 Å². The van der Waals surface area contributed by atoms with Crippen LogP contribution < -0.4 is 11.1 Å². The first-order chi connectivity index (χ1) is 21.8. The van der Waals surface area contributed by atoms with Crippen LogP contribution in [0.1, 0.15) is 72.9 Å². The van der Waals surface area contributed by atoms with Gasteiger partial charge < -0.3 is 21.3 Å². The molecule has 5 rings (SSSR count). The van der Waals surface area contributed by atoms with Crippen molar-refractivity contribution in [2.75, 3.05) is 0 Å². The lowest BCUT2D eigenvalue weighted by atomic mass is 9.78. The van der Waals surface area contributed by atoms with Gasteiger partial charge >= 0.3 is 0 Å². The second-order valence-corrected chi connectivity index (χ2v) is 12.1. The SMILES string of the molecule is NC(=O)[C@@H]1CCC[C@](O)(C#Cc2cccc(F)c2)C1.O=C(N[C@H]1CCC[C@@](O)(C#Cc2cccc(Cl)c2)C1)c1ccc(F)c(F)c1. The maximum Gasteiger partial charge on any atom is 0.251 e. The standard InChI is InChI=1S/C21H18ClF2NO2.C15H16FNO2/c22-16-4-1-3-14(11-16)8-10-21(27)9-2-5-17(13-21)25-20(26)15-6-7-18(23)19(24)12-15;16-13-5-1-3-11(9-13)6-8-15(19)7-2-4-12(10-15)14(17)18/h1,3-4,6-7,11-12,17,27H,2,5,9,13H2,(H,25,26);1,3,5,9,12,19H,2,4,7,10H2,(H2,17,18)/t17-,21+;12-,15+/m01/s1. The van der Waals surface area contributed by atoms with Crippen LogP contribution in [-0.4, -0.2) is 39.3 Å². The molecular formula is C36H34ClF3N2O4. The summed E-state index contributed by atoms with van der Waals surface area (Å²) in [6.07, 6.45) is 4.29. The highest BCUT2D eigenvalue weighted by Gasteiger charge is 2.35. The van der Waals surface area contributed by atoms with Crippen molar-refractivity contribution < 1.29 is 33.0 Å². The highest BCUT2D eigenvalue weighted by molar-refractivity contribution is 6.30. The third-order valence-corrected chi connectivity index (χ3v) is 8.14. The minimum Gasteiger partial charge on any atom is -0.378 e. The van der Waals surface area contributed by atoms with Crippen molar-refractivity contribution in [3.63, 3.8) is 0 Å². The van der Waals surface area contributed by atoms with E-state index in [0.717, 1.165) is 12.1 Å². The quantitative estimate of drug-likeness (QED) is 0.274. The van der Waals surface area contributed by atoms with Gasteiger partial charge in [-0.05, 0) is 99.5 Å². The molecule has 0 unspecified atom stereocenters. The van der Waals surface area contributed by atoms with Crippen molar-refractivity contribution in [1.82, 2.24) is 5.32 Å². The first-order valence-electron chi connectivity index (χ1n) is 14.9. The van der Waals surface area contributed by atoms with Crippen LogP contribution >= 0.6 is 11.6 Å². The number of nitrogens with two attached hydrogens (primary N) is 1. The molecule has 0 aliphatic heterocycles. The zero-order valence-corrected chi connectivity index (χ0v) is 25.7. The number of nitrogens with one attached hydrogen (secondary N) is 1. The fourth-order valence-electron chi connectivity index (χ4n) is 5.51. The van der Waals surface area contributed by atoms with E-state index < -0.39 is 34.7 Å². The van der Waals surface area contributed by atoms with Crippen LogP contribution in [0.2, 0.25) is 5.02 Å². The number of hydrogen-bond donors (Lipinski definition) is 4. The Kier molecular flexibility index (Phi) is 11.5. The molecule has 6 nitrogen and oxygen atoms in total. The van der Waals surface area contributed by atoms with E-state index in [9.17, 15) is 33.0 Å². The number of rotatable bonds is 3. The van der Waals surface area contributed by atoms with Gasteiger partial charge in [0, 0.05) is 40.1 Å². The molecule has 0 aromatic heterocycles. The van der Waals surface area contributed by atoms with Gasteiger partial charge in [-0.15, -0.1) is 0 Å². The Morgan fingerprint density at radius 1 is 0.826 bits per heavy atom. The van der Waals surface area contributed by atoms with Gasteiger partial charge in [0.25, 0.3) is 5.91 Å². The van der Waals surface area contributed by atoms with E-state index in [4.69, 9.17) is 17.3 Å². The minimum absolute atomic E-state index is 0.0352. The second kappa shape index (κ2) is 15.3. The van der Waals surface area contributed by atoms with Crippen molar-refractivity contribution >= 4 is 23.4 Å². The summed E-state index contributed by atoms with van der Waals surface area (Å²) in [4.78, 5) is 23.4. The Balaban J connectivity index is 0.000000222. The molecule has 46 heavy (non-hydrogen) atoms. The van der Waals surface area contributed by atoms with E-state index in [1.165, 1.54) is 18.2 Å². The highest BCUT2D eigenvalue weighted by atomic mass is 35.5. The summed E-state index contributed by atoms with van der Waals surface area (Å²) in [5, 5.41) is 24.4. The maximum atomic E-state index is 13.3. The summed E-state index contributed by atoms with van der Waals surface area (Å²) in [6.45, 7) is 0. The first kappa shape index (κ1) is 34.6. The monoisotopic (exact) mass is 650 g/mol. The fourth-order valence-corrected chi connectivity index (χ4v) is 5.70. The van der Waals surface area contributed by atoms with E-state index >= 15 is 0 Å². The van der Waals surface area contributed by atoms with E-state index in [-0.39, 0.29) is 36.2 Å². The number of carbonyl (C=O) groups excluding carboxylic acids is 2. The van der Waals surface area contributed by atoms with Crippen molar-refractivity contribution in [3.05, 3.63) is 106 Å². The molecule has 0 bridgehead atoms. The fraction of sp³-hybridized carbons (Fsp3) is 0.333. The van der Waals surface area contributed by atoms with Gasteiger partial charge in [0.15, 0.2) is 11.6 Å². The van der Waals surface area contributed by atoms with E-state index in [2.05, 4.69) is 29.0 Å². The third-order valence-electron chi connectivity index (χ3n) is 7.90. The average Bonchev–Trinajstić information content (AvgIpc) is 3.01. The number of aliphatic hydroxyl groups is 2. The molecule has 2 saturated carbocycles. The van der Waals surface area contributed by atoms with Crippen molar-refractivity contribution in [2.45, 2.75) is 68.6 Å². The molecule has 3 aromatic carbocycles. The molecule has 2 fully saturated rings. The van der Waals surface area contributed by atoms with Crippen LogP contribution in [0.4, 0.5) is 13.2 Å². The third kappa shape index (κ3) is 10.1. The molecule has 240 valence electrons. The molecule has 10 heteroatoms. The summed E-state index contributed by atoms with van der Waals surface area (Å²) >= 11 is 5.93. The maximum absolute atomic E-state index is 13.3. The van der Waals surface area contributed by atoms with Gasteiger partial charge in [-0.1, -0.05) is 47.4 Å². The number of hydrogen-bond acceptors (Lipinski definition) is 4. The Bertz CT molecular complexity index is 1710. The van der Waals surface area contributed by atoms with Gasteiger partial charge in [-0.3, -0.25) is 9.59 Å². The molecule has 0 spiro atoms. The van der Waals surface area contributed by atoms with E-state index in [1.807, 2.05) is 0 Å². The summed E-state index contributed by atoms with van der Waals surface area (Å²) in [5.41, 5.74) is 4.08. The largest absolute Gasteiger partial charge is 0.378 e. The van der Waals surface area contributed by atoms with E-state index in [0.29, 0.717) is 54.7 Å². The van der Waals surface area contributed by atoms with Gasteiger partial charge in [-0.2, -0.15) is 0 Å². The topological polar surface area (TPSA) is 113 Å². The van der Waals surface area contributed by atoms with Crippen molar-refractivity contribution in [2.24, 2.45) is 11.7 Å². The summed E-state index contributed by atoms with van der Waals surface area (Å²) in [5.74, 6) is 7.65. The highest BCUT2D eigenvalue weighted by Crippen LogP contribution is 2.32. The minimum atomic E-state index is -1.23. The molecule has 2 amide bonds. The molecule has 0 radical (unpaired) electrons. The number of carbonyl (C=O) groups is 2. The lowest BCUT2D eigenvalue weighted by Crippen LogP contribution is -2.45. The van der Waals surface area contributed by atoms with Crippen LogP contribution in [0.3, 0.4) is 0 Å². The Labute approximate surface area is 271 Å². The smallest absolute Gasteiger partial charge is 0.251 e. The number of amides is 2. The average molecular weight is 651 g/mol. The molecule has 4 atom stereocenters. The molecule has 5 N–H and O–H groups in total. The summed E-state index contributed by atoms with van der Waals surface area (Å²) in [6, 6.07) is 15.6. The number of benzene rings is 3. The Hall–Kier alpha value is -4.28. The first-order valence-corrected chi connectivity index (χ1v) is 15.3. The number of halogens is 4. The van der Waals surface area contributed by atoms with Crippen molar-refractivity contribution in [1.29, 1.82) is 0 Å². The summed E-state index contributed by atoms with van der Waals surface area (Å²) < 4.78 is 39.3. The van der Waals surface area contributed by atoms with Crippen LogP contribution in [-0.2, 0) is 4.79 Å². The molecule has 2 aliphatic carbocycles. The van der Waals surface area contributed by atoms with Gasteiger partial charge in [0.2, 0.25) is 5.91 Å². The predicted octanol–water partition coefficient (Wildman–Crippen LogP) is 5.66. The molecule has 0 saturated heterocycles. The van der Waals surface area contributed by atoms with Crippen LogP contribution in [0.15, 0.2) is 66.7 Å². The summed E-state index contributed by atoms with van der Waals surface area (Å²) in [7, 11) is 0. The molecular weight excluding hydrogens is 617 g/mol. The van der Waals surface area contributed by atoms with Crippen LogP contribution in [0.5, 0.6) is 0 Å². The van der Waals surface area contributed by atoms with Gasteiger partial charge in [-0.25, -0.2) is 13.2 Å². The second-order valence-electron chi connectivity index (χ2n) is 11.7. The van der Waals surface area contributed by atoms with Crippen LogP contribution in [0.25, 0.3) is 0 Å². The molecule has 0 heterocycles. The van der Waals surface area contributed by atoms with Crippen molar-refractivity contribution in [3.8, 4) is 23.7 Å². The molecule has 3 aromatic rings. The lowest BCUT2D eigenvalue weighted by Gasteiger charge is -2.33. The Morgan fingerprint density at radius 3 is 2.09 bits per heavy atom. The van der Waals surface area contributed by atoms with E-state index in [1.54, 1.807) is 36.4 Å². The zero-order chi connectivity index (χ0) is 33.3. The predicted molar refractivity (Wildman–Crippen MR) is 169 cm³/mol.